The molecule has 0 saturated carbocycles. The molecule has 3 unspecified atom stereocenters. The lowest BCUT2D eigenvalue weighted by molar-refractivity contribution is -0.124. The first-order valence-electron chi connectivity index (χ1n) is 10.6. The quantitative estimate of drug-likeness (QED) is 0.348. The summed E-state index contributed by atoms with van der Waals surface area (Å²) in [5, 5.41) is 7.71. The predicted octanol–water partition coefficient (Wildman–Crippen LogP) is 3.06. The number of hydrogen-bond donors (Lipinski definition) is 5. The van der Waals surface area contributed by atoms with Gasteiger partial charge in [0.15, 0.2) is 5.78 Å². The van der Waals surface area contributed by atoms with Crippen LogP contribution in [-0.4, -0.2) is 30.8 Å². The summed E-state index contributed by atoms with van der Waals surface area (Å²) in [6.45, 7) is 1.64. The first kappa shape index (κ1) is 22.6. The van der Waals surface area contributed by atoms with E-state index in [2.05, 4.69) is 10.6 Å². The summed E-state index contributed by atoms with van der Waals surface area (Å²) >= 11 is 13.7. The molecule has 7 nitrogen and oxygen atoms in total. The minimum absolute atomic E-state index is 0.0122. The van der Waals surface area contributed by atoms with E-state index in [0.717, 1.165) is 19.4 Å². The molecule has 1 aliphatic heterocycles. The third kappa shape index (κ3) is 3.53. The Hall–Kier alpha value is -2.20. The van der Waals surface area contributed by atoms with Crippen LogP contribution in [0.15, 0.2) is 30.3 Å². The van der Waals surface area contributed by atoms with Gasteiger partial charge in [-0.25, -0.2) is 0 Å². The number of hydrogen-bond acceptors (Lipinski definition) is 7. The molecule has 2 aliphatic rings. The normalized spacial score (nSPS) is 24.8. The molecule has 0 bridgehead atoms. The van der Waals surface area contributed by atoms with E-state index >= 15 is 0 Å². The highest BCUT2D eigenvalue weighted by Crippen LogP contribution is 2.49. The van der Waals surface area contributed by atoms with E-state index in [1.807, 2.05) is 0 Å². The minimum atomic E-state index is -1.59. The Kier molecular flexibility index (Phi) is 5.63. The van der Waals surface area contributed by atoms with Crippen molar-refractivity contribution in [3.8, 4) is 0 Å². The molecular weight excluding hydrogens is 481 g/mol. The van der Waals surface area contributed by atoms with Crippen LogP contribution in [0.25, 0.3) is 10.1 Å². The summed E-state index contributed by atoms with van der Waals surface area (Å²) < 4.78 is 0.681. The van der Waals surface area contributed by atoms with Gasteiger partial charge in [0.05, 0.1) is 15.6 Å². The van der Waals surface area contributed by atoms with Gasteiger partial charge in [-0.1, -0.05) is 29.3 Å². The molecule has 172 valence electrons. The van der Waals surface area contributed by atoms with Gasteiger partial charge in [-0.3, -0.25) is 9.59 Å². The lowest BCUT2D eigenvalue weighted by Gasteiger charge is -2.36. The zero-order chi connectivity index (χ0) is 23.5. The van der Waals surface area contributed by atoms with Gasteiger partial charge in [0.2, 0.25) is 0 Å². The molecule has 3 atom stereocenters. The maximum atomic E-state index is 13.7. The van der Waals surface area contributed by atoms with Crippen LogP contribution in [0.4, 0.5) is 5.69 Å². The fourth-order valence-electron chi connectivity index (χ4n) is 4.86. The van der Waals surface area contributed by atoms with Gasteiger partial charge in [0.1, 0.15) is 5.54 Å². The summed E-state index contributed by atoms with van der Waals surface area (Å²) in [5.41, 5.74) is 19.9. The summed E-state index contributed by atoms with van der Waals surface area (Å²) in [7, 11) is 0. The van der Waals surface area contributed by atoms with Gasteiger partial charge in [-0.15, -0.1) is 11.3 Å². The van der Waals surface area contributed by atoms with E-state index in [4.69, 9.17) is 40.4 Å². The molecule has 3 aromatic rings. The maximum absolute atomic E-state index is 13.7. The highest BCUT2D eigenvalue weighted by Gasteiger charge is 2.49. The van der Waals surface area contributed by atoms with Crippen LogP contribution in [0.3, 0.4) is 0 Å². The van der Waals surface area contributed by atoms with E-state index in [1.165, 1.54) is 11.3 Å². The smallest absolute Gasteiger partial charge is 0.262 e. The average Bonchev–Trinajstić information content (AvgIpc) is 3.19. The first-order valence-corrected chi connectivity index (χ1v) is 12.2. The molecule has 1 aliphatic carbocycles. The molecule has 0 spiro atoms. The minimum Gasteiger partial charge on any atom is -0.398 e. The van der Waals surface area contributed by atoms with E-state index in [9.17, 15) is 9.59 Å². The molecule has 1 fully saturated rings. The Balaban J connectivity index is 1.71. The zero-order valence-electron chi connectivity index (χ0n) is 17.6. The van der Waals surface area contributed by atoms with Crippen molar-refractivity contribution in [3.63, 3.8) is 0 Å². The van der Waals surface area contributed by atoms with Crippen LogP contribution in [0.1, 0.15) is 45.2 Å². The number of carbonyl (C=O) groups excluding carboxylic acids is 2. The Morgan fingerprint density at radius 1 is 1.21 bits per heavy atom. The molecule has 33 heavy (non-hydrogen) atoms. The Morgan fingerprint density at radius 3 is 2.61 bits per heavy atom. The van der Waals surface area contributed by atoms with Crippen LogP contribution in [0.2, 0.25) is 10.0 Å². The van der Waals surface area contributed by atoms with Crippen molar-refractivity contribution >= 4 is 62.0 Å². The molecule has 5 rings (SSSR count). The lowest BCUT2D eigenvalue weighted by atomic mass is 9.70. The number of nitrogens with two attached hydrogens (primary N) is 3. The number of anilines is 1. The van der Waals surface area contributed by atoms with Gasteiger partial charge in [-0.05, 0) is 54.8 Å². The Bertz CT molecular complexity index is 1280. The molecule has 0 radical (unpaired) electrons. The van der Waals surface area contributed by atoms with Crippen LogP contribution < -0.4 is 27.8 Å². The number of nitrogen functional groups attached to an aromatic ring is 1. The highest BCUT2D eigenvalue weighted by molar-refractivity contribution is 7.21. The van der Waals surface area contributed by atoms with E-state index < -0.39 is 17.4 Å². The fraction of sp³-hybridized carbons (Fsp3) is 0.304. The number of Topliss-reactive ketones (excluding diaryl/α,β-unsaturated/α-hetero) is 1. The number of benzene rings is 2. The average molecular weight is 504 g/mol. The third-order valence-electron chi connectivity index (χ3n) is 6.47. The van der Waals surface area contributed by atoms with Gasteiger partial charge in [0, 0.05) is 39.3 Å². The van der Waals surface area contributed by atoms with Crippen LogP contribution in [0.5, 0.6) is 0 Å². The summed E-state index contributed by atoms with van der Waals surface area (Å²) in [6.07, 6.45) is 1.87. The molecule has 2 heterocycles. The molecule has 1 amide bonds. The Labute approximate surface area is 204 Å². The van der Waals surface area contributed by atoms with Crippen molar-refractivity contribution in [2.24, 2.45) is 11.5 Å². The molecule has 2 aromatic carbocycles. The second-order valence-electron chi connectivity index (χ2n) is 8.58. The second kappa shape index (κ2) is 8.23. The molecule has 1 aromatic heterocycles. The number of rotatable bonds is 3. The van der Waals surface area contributed by atoms with Crippen LogP contribution in [-0.2, 0) is 10.3 Å². The van der Waals surface area contributed by atoms with E-state index in [1.54, 1.807) is 30.3 Å². The Morgan fingerprint density at radius 2 is 1.94 bits per heavy atom. The van der Waals surface area contributed by atoms with Crippen LogP contribution >= 0.6 is 34.5 Å². The first-order chi connectivity index (χ1) is 15.7. The van der Waals surface area contributed by atoms with Crippen LogP contribution in [0, 0.1) is 0 Å². The third-order valence-corrected chi connectivity index (χ3v) is 8.16. The SMILES string of the molecule is Nc1ccc2c3c(c(C(=O)NC4CCCNC4)sc13)C(N)C(=O)C2(N)c1cc(Cl)cc(Cl)c1. The van der Waals surface area contributed by atoms with Gasteiger partial charge >= 0.3 is 0 Å². The molecule has 1 saturated heterocycles. The number of piperidine rings is 1. The molecule has 10 heteroatoms. The lowest BCUT2D eigenvalue weighted by Crippen LogP contribution is -2.52. The fourth-order valence-corrected chi connectivity index (χ4v) is 6.58. The monoisotopic (exact) mass is 503 g/mol. The number of ketones is 1. The summed E-state index contributed by atoms with van der Waals surface area (Å²) in [6, 6.07) is 7.12. The van der Waals surface area contributed by atoms with Crippen molar-refractivity contribution in [1.29, 1.82) is 0 Å². The van der Waals surface area contributed by atoms with Crippen molar-refractivity contribution < 1.29 is 9.59 Å². The summed E-state index contributed by atoms with van der Waals surface area (Å²) in [4.78, 5) is 27.4. The van der Waals surface area contributed by atoms with Gasteiger partial charge in [0.25, 0.3) is 5.91 Å². The maximum Gasteiger partial charge on any atom is 0.262 e. The number of thiophene rings is 1. The number of nitrogens with one attached hydrogen (secondary N) is 2. The van der Waals surface area contributed by atoms with Crippen molar-refractivity contribution in [2.75, 3.05) is 18.8 Å². The highest BCUT2D eigenvalue weighted by atomic mass is 35.5. The van der Waals surface area contributed by atoms with Crippen molar-refractivity contribution in [3.05, 3.63) is 61.9 Å². The summed E-state index contributed by atoms with van der Waals surface area (Å²) in [5.74, 6) is -0.699. The van der Waals surface area contributed by atoms with E-state index in [0.29, 0.717) is 53.9 Å². The van der Waals surface area contributed by atoms with Gasteiger partial charge < -0.3 is 27.8 Å². The van der Waals surface area contributed by atoms with E-state index in [-0.39, 0.29) is 11.9 Å². The number of amides is 1. The number of halogens is 2. The molecular formula is C23H23Cl2N5O2S. The second-order valence-corrected chi connectivity index (χ2v) is 10.5. The standard InChI is InChI=1S/C23H23Cl2N5O2S/c24-11-6-10(7-12(25)8-11)23(28)14-3-4-15(26)19-16(14)17(18(27)21(23)31)20(33-19)22(32)30-13-2-1-5-29-9-13/h3-4,6-8,13,18,29H,1-2,5,9,26-28H2,(H,30,32). The predicted molar refractivity (Wildman–Crippen MR) is 133 cm³/mol. The largest absolute Gasteiger partial charge is 0.398 e. The van der Waals surface area contributed by atoms with Gasteiger partial charge in [-0.2, -0.15) is 0 Å². The topological polar surface area (TPSA) is 136 Å². The zero-order valence-corrected chi connectivity index (χ0v) is 19.9. The molecule has 8 N–H and O–H groups in total. The number of carbonyl (C=O) groups is 2. The van der Waals surface area contributed by atoms with Crippen molar-refractivity contribution in [1.82, 2.24) is 10.6 Å². The van der Waals surface area contributed by atoms with Crippen molar-refractivity contribution in [2.45, 2.75) is 30.5 Å².